The Morgan fingerprint density at radius 2 is 1.92 bits per heavy atom. The fourth-order valence-corrected chi connectivity index (χ4v) is 5.19. The number of ether oxygens (including phenoxy) is 1. The number of hydrogen-bond donors (Lipinski definition) is 2. The van der Waals surface area contributed by atoms with Crippen LogP contribution in [0.25, 0.3) is 0 Å². The minimum Gasteiger partial charge on any atom is -0.465 e. The first kappa shape index (κ1) is 18.4. The molecule has 1 saturated heterocycles. The lowest BCUT2D eigenvalue weighted by Crippen LogP contribution is -3.14. The highest BCUT2D eigenvalue weighted by Gasteiger charge is 2.27. The number of carbonyl (C=O) groups excluding carboxylic acids is 2. The summed E-state index contributed by atoms with van der Waals surface area (Å²) in [6.07, 6.45) is 7.71. The van der Waals surface area contributed by atoms with Crippen molar-refractivity contribution < 1.29 is 19.2 Å². The Balaban J connectivity index is 1.72. The van der Waals surface area contributed by atoms with E-state index >= 15 is 0 Å². The molecular weight excluding hydrogens is 336 g/mol. The van der Waals surface area contributed by atoms with Crippen molar-refractivity contribution in [3.05, 3.63) is 16.0 Å². The molecule has 6 heteroatoms. The Hall–Kier alpha value is -1.40. The highest BCUT2D eigenvalue weighted by molar-refractivity contribution is 7.17. The summed E-state index contributed by atoms with van der Waals surface area (Å²) in [7, 11) is 1.41. The first-order valence-corrected chi connectivity index (χ1v) is 10.3. The topological polar surface area (TPSA) is 59.8 Å². The summed E-state index contributed by atoms with van der Waals surface area (Å²) in [4.78, 5) is 27.4. The molecular formula is C19H29N2O3S+. The van der Waals surface area contributed by atoms with Crippen LogP contribution in [-0.4, -0.2) is 38.6 Å². The van der Waals surface area contributed by atoms with Crippen molar-refractivity contribution in [1.82, 2.24) is 0 Å². The number of methoxy groups -OCH3 is 1. The van der Waals surface area contributed by atoms with Gasteiger partial charge in [-0.3, -0.25) is 4.79 Å². The van der Waals surface area contributed by atoms with Crippen LogP contribution in [0.4, 0.5) is 5.00 Å². The lowest BCUT2D eigenvalue weighted by molar-refractivity contribution is -0.897. The number of fused-ring (bicyclic) bond motifs is 1. The van der Waals surface area contributed by atoms with Gasteiger partial charge < -0.3 is 15.0 Å². The van der Waals surface area contributed by atoms with Gasteiger partial charge in [-0.2, -0.15) is 0 Å². The van der Waals surface area contributed by atoms with Crippen LogP contribution in [-0.2, 0) is 22.4 Å². The summed E-state index contributed by atoms with van der Waals surface area (Å²) in [6.45, 7) is 4.87. The second-order valence-corrected chi connectivity index (χ2v) is 8.52. The maximum Gasteiger partial charge on any atom is 0.341 e. The number of amides is 1. The number of hydrogen-bond acceptors (Lipinski definition) is 4. The summed E-state index contributed by atoms with van der Waals surface area (Å²) < 4.78 is 5.00. The molecule has 1 aliphatic carbocycles. The number of nitrogens with one attached hydrogen (secondary N) is 2. The average Bonchev–Trinajstić information content (AvgIpc) is 2.77. The van der Waals surface area contributed by atoms with Gasteiger partial charge >= 0.3 is 5.97 Å². The largest absolute Gasteiger partial charge is 0.465 e. The Kier molecular flexibility index (Phi) is 6.12. The molecule has 3 rings (SSSR count). The van der Waals surface area contributed by atoms with Gasteiger partial charge in [0, 0.05) is 4.88 Å². The third-order valence-electron chi connectivity index (χ3n) is 5.46. The third kappa shape index (κ3) is 4.42. The molecule has 0 radical (unpaired) electrons. The SMILES string of the molecule is COC(=O)c1c(NC(=O)C[NH+]2CCC(C)CC2)sc2c1CCCCC2. The molecule has 1 aliphatic heterocycles. The first-order chi connectivity index (χ1) is 12.1. The number of likely N-dealkylation sites (tertiary alicyclic amines) is 1. The zero-order chi connectivity index (χ0) is 17.8. The zero-order valence-corrected chi connectivity index (χ0v) is 16.1. The van der Waals surface area contributed by atoms with Crippen molar-refractivity contribution in [2.75, 3.05) is 32.1 Å². The molecule has 1 aromatic rings. The number of thiophene rings is 1. The number of quaternary nitrogens is 1. The molecule has 0 unspecified atom stereocenters. The minimum atomic E-state index is -0.325. The molecule has 1 fully saturated rings. The van der Waals surface area contributed by atoms with Crippen molar-refractivity contribution in [3.63, 3.8) is 0 Å². The van der Waals surface area contributed by atoms with E-state index in [-0.39, 0.29) is 11.9 Å². The van der Waals surface area contributed by atoms with E-state index in [1.807, 2.05) is 0 Å². The standard InChI is InChI=1S/C19H28N2O3S/c1-13-8-10-21(11-9-13)12-16(22)20-18-17(19(23)24-2)14-6-4-3-5-7-15(14)25-18/h13H,3-12H2,1-2H3,(H,20,22)/p+1. The maximum absolute atomic E-state index is 12.5. The van der Waals surface area contributed by atoms with Crippen LogP contribution in [0, 0.1) is 5.92 Å². The summed E-state index contributed by atoms with van der Waals surface area (Å²) in [5, 5.41) is 3.71. The molecule has 0 aromatic carbocycles. The number of anilines is 1. The van der Waals surface area contributed by atoms with Crippen LogP contribution in [0.2, 0.25) is 0 Å². The number of rotatable bonds is 4. The van der Waals surface area contributed by atoms with Crippen LogP contribution in [0.15, 0.2) is 0 Å². The number of aryl methyl sites for hydroxylation is 1. The molecule has 0 saturated carbocycles. The number of carbonyl (C=O) groups is 2. The Morgan fingerprint density at radius 3 is 2.64 bits per heavy atom. The van der Waals surface area contributed by atoms with Crippen LogP contribution >= 0.6 is 11.3 Å². The second-order valence-electron chi connectivity index (χ2n) is 7.42. The number of piperidine rings is 1. The monoisotopic (exact) mass is 365 g/mol. The van der Waals surface area contributed by atoms with Gasteiger partial charge in [-0.25, -0.2) is 4.79 Å². The molecule has 0 bridgehead atoms. The van der Waals surface area contributed by atoms with Crippen molar-refractivity contribution in [1.29, 1.82) is 0 Å². The van der Waals surface area contributed by atoms with Gasteiger partial charge in [-0.15, -0.1) is 11.3 Å². The van der Waals surface area contributed by atoms with Crippen LogP contribution in [0.1, 0.15) is 59.8 Å². The van der Waals surface area contributed by atoms with E-state index in [9.17, 15) is 9.59 Å². The summed E-state index contributed by atoms with van der Waals surface area (Å²) >= 11 is 1.57. The molecule has 2 N–H and O–H groups in total. The van der Waals surface area contributed by atoms with E-state index in [2.05, 4.69) is 12.2 Å². The highest BCUT2D eigenvalue weighted by atomic mass is 32.1. The maximum atomic E-state index is 12.5. The third-order valence-corrected chi connectivity index (χ3v) is 6.66. The summed E-state index contributed by atoms with van der Waals surface area (Å²) in [6, 6.07) is 0. The predicted molar refractivity (Wildman–Crippen MR) is 99.5 cm³/mol. The van der Waals surface area contributed by atoms with Gasteiger partial charge in [0.1, 0.15) is 5.00 Å². The molecule has 25 heavy (non-hydrogen) atoms. The molecule has 138 valence electrons. The van der Waals surface area contributed by atoms with Gasteiger partial charge in [0.2, 0.25) is 0 Å². The van der Waals surface area contributed by atoms with Gasteiger partial charge in [0.15, 0.2) is 6.54 Å². The van der Waals surface area contributed by atoms with Crippen molar-refractivity contribution in [2.45, 2.75) is 51.9 Å². The molecule has 2 aliphatic rings. The molecule has 1 amide bonds. The Morgan fingerprint density at radius 1 is 1.20 bits per heavy atom. The summed E-state index contributed by atoms with van der Waals surface area (Å²) in [5.41, 5.74) is 1.70. The molecule has 5 nitrogen and oxygen atoms in total. The zero-order valence-electron chi connectivity index (χ0n) is 15.3. The fourth-order valence-electron chi connectivity index (χ4n) is 3.89. The lowest BCUT2D eigenvalue weighted by atomic mass is 9.99. The molecule has 2 heterocycles. The highest BCUT2D eigenvalue weighted by Crippen LogP contribution is 2.37. The van der Waals surface area contributed by atoms with Crippen molar-refractivity contribution >= 4 is 28.2 Å². The van der Waals surface area contributed by atoms with Crippen LogP contribution in [0.5, 0.6) is 0 Å². The van der Waals surface area contributed by atoms with E-state index < -0.39 is 0 Å². The molecule has 1 aromatic heterocycles. The number of esters is 1. The van der Waals surface area contributed by atoms with Gasteiger partial charge in [0.05, 0.1) is 25.8 Å². The van der Waals surface area contributed by atoms with Crippen molar-refractivity contribution in [2.24, 2.45) is 5.92 Å². The smallest absolute Gasteiger partial charge is 0.341 e. The second kappa shape index (κ2) is 8.32. The fraction of sp³-hybridized carbons (Fsp3) is 0.684. The first-order valence-electron chi connectivity index (χ1n) is 9.44. The van der Waals surface area contributed by atoms with Gasteiger partial charge in [-0.1, -0.05) is 13.3 Å². The lowest BCUT2D eigenvalue weighted by Gasteiger charge is -2.26. The Labute approximate surface area is 153 Å². The minimum absolute atomic E-state index is 0.00566. The van der Waals surface area contributed by atoms with Gasteiger partial charge in [-0.05, 0) is 50.0 Å². The van der Waals surface area contributed by atoms with Crippen LogP contribution in [0.3, 0.4) is 0 Å². The van der Waals surface area contributed by atoms with Crippen LogP contribution < -0.4 is 10.2 Å². The van der Waals surface area contributed by atoms with E-state index in [4.69, 9.17) is 4.74 Å². The predicted octanol–water partition coefficient (Wildman–Crippen LogP) is 2.06. The van der Waals surface area contributed by atoms with E-state index in [1.54, 1.807) is 11.3 Å². The van der Waals surface area contributed by atoms with Crippen molar-refractivity contribution in [3.8, 4) is 0 Å². The normalized spacial score (nSPS) is 23.4. The van der Waals surface area contributed by atoms with Gasteiger partial charge in [0.25, 0.3) is 5.91 Å². The molecule has 0 spiro atoms. The average molecular weight is 366 g/mol. The quantitative estimate of drug-likeness (QED) is 0.634. The van der Waals surface area contributed by atoms with E-state index in [1.165, 1.54) is 36.1 Å². The summed E-state index contributed by atoms with van der Waals surface area (Å²) in [5.74, 6) is 0.450. The van der Waals surface area contributed by atoms with E-state index in [0.29, 0.717) is 17.1 Å². The molecule has 0 atom stereocenters. The Bertz CT molecular complexity index is 633. The van der Waals surface area contributed by atoms with E-state index in [0.717, 1.165) is 50.3 Å².